The lowest BCUT2D eigenvalue weighted by Gasteiger charge is -2.02. The summed E-state index contributed by atoms with van der Waals surface area (Å²) in [4.78, 5) is 3.69. The molecule has 0 fully saturated rings. The number of rotatable bonds is 4. The van der Waals surface area contributed by atoms with Crippen LogP contribution >= 0.6 is 0 Å². The summed E-state index contributed by atoms with van der Waals surface area (Å²) in [5.41, 5.74) is -1.52. The largest absolute Gasteiger partial charge is 0.435 e. The maximum atomic E-state index is 12.8. The molecule has 11 heteroatoms. The molecule has 0 bridgehead atoms. The molecule has 2 aromatic heterocycles. The number of halogens is 3. The third-order valence-corrected chi connectivity index (χ3v) is 4.16. The van der Waals surface area contributed by atoms with Gasteiger partial charge in [-0.15, -0.1) is 0 Å². The van der Waals surface area contributed by atoms with Crippen molar-refractivity contribution in [3.63, 3.8) is 0 Å². The van der Waals surface area contributed by atoms with Crippen LogP contribution in [-0.4, -0.2) is 34.1 Å². The van der Waals surface area contributed by atoms with Crippen LogP contribution < -0.4 is 0 Å². The Morgan fingerprint density at radius 3 is 2.62 bits per heavy atom. The van der Waals surface area contributed by atoms with Crippen LogP contribution in [0.4, 0.5) is 13.2 Å². The minimum atomic E-state index is -4.67. The van der Waals surface area contributed by atoms with Crippen molar-refractivity contribution in [1.29, 1.82) is 0 Å². The summed E-state index contributed by atoms with van der Waals surface area (Å²) in [7, 11) is -2.09. The Morgan fingerprint density at radius 1 is 1.38 bits per heavy atom. The van der Waals surface area contributed by atoms with Crippen LogP contribution in [0.1, 0.15) is 18.5 Å². The molecule has 0 aliphatic heterocycles. The molecule has 0 spiro atoms. The van der Waals surface area contributed by atoms with E-state index in [1.54, 1.807) is 0 Å². The predicted molar refractivity (Wildman–Crippen MR) is 64.7 cm³/mol. The average molecular weight is 324 g/mol. The van der Waals surface area contributed by atoms with Crippen molar-refractivity contribution in [2.24, 2.45) is 7.05 Å². The zero-order valence-corrected chi connectivity index (χ0v) is 11.9. The summed E-state index contributed by atoms with van der Waals surface area (Å²) in [6.45, 7) is 1.44. The number of aryl methyl sites for hydroxylation is 1. The van der Waals surface area contributed by atoms with E-state index in [2.05, 4.69) is 19.8 Å². The molecule has 2 rings (SSSR count). The number of nitrogens with zero attached hydrogens (tertiary/aromatic N) is 4. The molecule has 0 saturated carbocycles. The standard InChI is InChI=1S/C10H11F3N4O3S/c1-3-21(18,19)5-7-14-9(16-20-7)6-4-17(2)15-8(6)10(11,12)13/h4H,3,5H2,1-2H3. The van der Waals surface area contributed by atoms with Crippen molar-refractivity contribution in [2.75, 3.05) is 5.75 Å². The molecule has 0 aromatic carbocycles. The lowest BCUT2D eigenvalue weighted by molar-refractivity contribution is -0.141. The molecule has 0 aliphatic rings. The molecular weight excluding hydrogens is 313 g/mol. The second-order valence-electron chi connectivity index (χ2n) is 4.25. The van der Waals surface area contributed by atoms with Gasteiger partial charge in [0, 0.05) is 19.0 Å². The summed E-state index contributed by atoms with van der Waals surface area (Å²) in [6, 6.07) is 0. The zero-order chi connectivity index (χ0) is 15.8. The smallest absolute Gasteiger partial charge is 0.338 e. The van der Waals surface area contributed by atoms with Crippen molar-refractivity contribution < 1.29 is 26.1 Å². The highest BCUT2D eigenvalue weighted by Gasteiger charge is 2.38. The second kappa shape index (κ2) is 5.13. The Morgan fingerprint density at radius 2 is 2.05 bits per heavy atom. The fourth-order valence-corrected chi connectivity index (χ4v) is 2.27. The maximum Gasteiger partial charge on any atom is 0.435 e. The molecule has 0 radical (unpaired) electrons. The topological polar surface area (TPSA) is 90.9 Å². The number of aromatic nitrogens is 4. The molecule has 0 N–H and O–H groups in total. The molecule has 2 aromatic rings. The molecule has 21 heavy (non-hydrogen) atoms. The van der Waals surface area contributed by atoms with Crippen molar-refractivity contribution in [1.82, 2.24) is 19.9 Å². The van der Waals surface area contributed by atoms with E-state index in [4.69, 9.17) is 0 Å². The minimum absolute atomic E-state index is 0.134. The van der Waals surface area contributed by atoms with Gasteiger partial charge < -0.3 is 4.52 Å². The third kappa shape index (κ3) is 3.40. The van der Waals surface area contributed by atoms with Gasteiger partial charge in [0.2, 0.25) is 11.7 Å². The Kier molecular flexibility index (Phi) is 3.78. The number of alkyl halides is 3. The highest BCUT2D eigenvalue weighted by Crippen LogP contribution is 2.34. The molecule has 7 nitrogen and oxygen atoms in total. The average Bonchev–Trinajstić information content (AvgIpc) is 2.94. The Balaban J connectivity index is 2.39. The van der Waals surface area contributed by atoms with E-state index in [0.717, 1.165) is 10.9 Å². The summed E-state index contributed by atoms with van der Waals surface area (Å²) >= 11 is 0. The van der Waals surface area contributed by atoms with Gasteiger partial charge in [0.1, 0.15) is 5.75 Å². The third-order valence-electron chi connectivity index (χ3n) is 2.59. The fraction of sp³-hybridized carbons (Fsp3) is 0.500. The normalized spacial score (nSPS) is 12.8. The first-order chi connectivity index (χ1) is 9.62. The van der Waals surface area contributed by atoms with E-state index in [9.17, 15) is 21.6 Å². The van der Waals surface area contributed by atoms with E-state index in [1.165, 1.54) is 14.0 Å². The van der Waals surface area contributed by atoms with Gasteiger partial charge in [-0.05, 0) is 0 Å². The van der Waals surface area contributed by atoms with Gasteiger partial charge in [-0.3, -0.25) is 4.68 Å². The van der Waals surface area contributed by atoms with Gasteiger partial charge >= 0.3 is 6.18 Å². The minimum Gasteiger partial charge on any atom is -0.338 e. The first-order valence-electron chi connectivity index (χ1n) is 5.76. The van der Waals surface area contributed by atoms with Gasteiger partial charge in [-0.25, -0.2) is 8.42 Å². The monoisotopic (exact) mass is 324 g/mol. The Bertz CT molecular complexity index is 748. The van der Waals surface area contributed by atoms with Crippen LogP contribution in [0.15, 0.2) is 10.7 Å². The van der Waals surface area contributed by atoms with Gasteiger partial charge in [-0.1, -0.05) is 12.1 Å². The summed E-state index contributed by atoms with van der Waals surface area (Å²) in [5, 5.41) is 6.70. The molecule has 116 valence electrons. The number of sulfone groups is 1. The lowest BCUT2D eigenvalue weighted by Crippen LogP contribution is -2.08. The first kappa shape index (κ1) is 15.5. The second-order valence-corrected chi connectivity index (χ2v) is 6.60. The highest BCUT2D eigenvalue weighted by molar-refractivity contribution is 7.90. The fourth-order valence-electron chi connectivity index (χ4n) is 1.57. The SMILES string of the molecule is CCS(=O)(=O)Cc1nc(-c2cn(C)nc2C(F)(F)F)no1. The van der Waals surface area contributed by atoms with Gasteiger partial charge in [-0.2, -0.15) is 23.3 Å². The van der Waals surface area contributed by atoms with E-state index >= 15 is 0 Å². The lowest BCUT2D eigenvalue weighted by atomic mass is 10.2. The van der Waals surface area contributed by atoms with Crippen molar-refractivity contribution >= 4 is 9.84 Å². The molecule has 0 atom stereocenters. The molecule has 0 aliphatic carbocycles. The van der Waals surface area contributed by atoms with Crippen LogP contribution in [0.3, 0.4) is 0 Å². The zero-order valence-electron chi connectivity index (χ0n) is 11.0. The van der Waals surface area contributed by atoms with Crippen LogP contribution in [0, 0.1) is 0 Å². The Labute approximate surface area is 117 Å². The van der Waals surface area contributed by atoms with Crippen LogP contribution in [-0.2, 0) is 28.8 Å². The van der Waals surface area contributed by atoms with E-state index in [-0.39, 0.29) is 23.0 Å². The molecule has 0 amide bonds. The first-order valence-corrected chi connectivity index (χ1v) is 7.58. The van der Waals surface area contributed by atoms with E-state index in [0.29, 0.717) is 0 Å². The van der Waals surface area contributed by atoms with Crippen molar-refractivity contribution in [3.05, 3.63) is 17.8 Å². The summed E-state index contributed by atoms with van der Waals surface area (Å²) < 4.78 is 67.0. The van der Waals surface area contributed by atoms with Crippen molar-refractivity contribution in [3.8, 4) is 11.4 Å². The molecule has 0 saturated heterocycles. The predicted octanol–water partition coefficient (Wildman–Crippen LogP) is 1.42. The quantitative estimate of drug-likeness (QED) is 0.845. The van der Waals surface area contributed by atoms with E-state index in [1.807, 2.05) is 0 Å². The van der Waals surface area contributed by atoms with Gasteiger partial charge in [0.25, 0.3) is 0 Å². The van der Waals surface area contributed by atoms with Crippen LogP contribution in [0.25, 0.3) is 11.4 Å². The maximum absolute atomic E-state index is 12.8. The van der Waals surface area contributed by atoms with Crippen molar-refractivity contribution in [2.45, 2.75) is 18.9 Å². The van der Waals surface area contributed by atoms with Gasteiger partial charge in [0.15, 0.2) is 15.5 Å². The van der Waals surface area contributed by atoms with Crippen LogP contribution in [0.2, 0.25) is 0 Å². The molecular formula is C10H11F3N4O3S. The molecule has 0 unspecified atom stereocenters. The summed E-state index contributed by atoms with van der Waals surface area (Å²) in [5.74, 6) is -1.26. The van der Waals surface area contributed by atoms with Crippen LogP contribution in [0.5, 0.6) is 0 Å². The molecule has 2 heterocycles. The Hall–Kier alpha value is -1.91. The number of hydrogen-bond donors (Lipinski definition) is 0. The number of hydrogen-bond acceptors (Lipinski definition) is 6. The van der Waals surface area contributed by atoms with E-state index < -0.39 is 27.5 Å². The highest BCUT2D eigenvalue weighted by atomic mass is 32.2. The summed E-state index contributed by atoms with van der Waals surface area (Å²) in [6.07, 6.45) is -3.58. The van der Waals surface area contributed by atoms with Gasteiger partial charge in [0.05, 0.1) is 5.56 Å².